The monoisotopic (exact) mass is 552 g/mol. The molecular formula is C33H64O4Si. The Labute approximate surface area is 237 Å². The molecule has 0 spiro atoms. The minimum Gasteiger partial charge on any atom is -0.516 e. The van der Waals surface area contributed by atoms with Crippen LogP contribution in [0.3, 0.4) is 0 Å². The van der Waals surface area contributed by atoms with E-state index in [9.17, 15) is 9.59 Å². The van der Waals surface area contributed by atoms with Gasteiger partial charge in [-0.1, -0.05) is 163 Å². The van der Waals surface area contributed by atoms with Crippen LogP contribution in [0, 0.1) is 5.92 Å². The molecule has 0 saturated carbocycles. The summed E-state index contributed by atoms with van der Waals surface area (Å²) in [6.07, 6.45) is 28.7. The van der Waals surface area contributed by atoms with Gasteiger partial charge in [-0.3, -0.25) is 0 Å². The first kappa shape index (κ1) is 36.9. The molecule has 0 aromatic rings. The maximum Gasteiger partial charge on any atom is 0.328 e. The molecule has 0 aromatic carbocycles. The molecule has 0 heterocycles. The van der Waals surface area contributed by atoms with Crippen LogP contribution in [0.4, 0.5) is 0 Å². The molecule has 0 bridgehead atoms. The molecule has 0 aliphatic rings. The highest BCUT2D eigenvalue weighted by Gasteiger charge is 2.36. The van der Waals surface area contributed by atoms with Crippen LogP contribution >= 0.6 is 0 Å². The van der Waals surface area contributed by atoms with Gasteiger partial charge in [0.1, 0.15) is 0 Å². The summed E-state index contributed by atoms with van der Waals surface area (Å²) in [4.78, 5) is 23.6. The van der Waals surface area contributed by atoms with Crippen molar-refractivity contribution in [3.8, 4) is 0 Å². The molecule has 0 saturated heterocycles. The van der Waals surface area contributed by atoms with Crippen molar-refractivity contribution >= 4 is 20.3 Å². The van der Waals surface area contributed by atoms with E-state index in [0.717, 1.165) is 55.5 Å². The fraction of sp³-hybridized carbons (Fsp3) is 0.879. The standard InChI is InChI=1S/C33H64O4Si/c1-5-7-9-11-18-22-28-38(29-23-19-12-10-8-6-2,37-33(36)27-26-32(34)35)30-24-20-16-14-13-15-17-21-25-31(3)4/h26-27,31H,5-25,28-30H2,1-4H3,(H,34,35)/b27-26-. The molecule has 0 amide bonds. The van der Waals surface area contributed by atoms with Crippen molar-refractivity contribution in [3.63, 3.8) is 0 Å². The topological polar surface area (TPSA) is 63.6 Å². The van der Waals surface area contributed by atoms with Crippen molar-refractivity contribution in [1.82, 2.24) is 0 Å². The Morgan fingerprint density at radius 3 is 1.34 bits per heavy atom. The van der Waals surface area contributed by atoms with Gasteiger partial charge in [0, 0.05) is 12.2 Å². The second-order valence-corrected chi connectivity index (χ2v) is 16.1. The molecule has 1 N–H and O–H groups in total. The molecular weight excluding hydrogens is 488 g/mol. The summed E-state index contributed by atoms with van der Waals surface area (Å²) in [5.74, 6) is -0.705. The quantitative estimate of drug-likeness (QED) is 0.0595. The molecule has 4 nitrogen and oxygen atoms in total. The van der Waals surface area contributed by atoms with Crippen LogP contribution in [0.5, 0.6) is 0 Å². The van der Waals surface area contributed by atoms with Crippen LogP contribution in [-0.2, 0) is 14.0 Å². The third kappa shape index (κ3) is 24.0. The SMILES string of the molecule is CCCCCCCC[Si](CCCCCCCC)(CCCCCCCCCCC(C)C)OC(=O)/C=C\C(=O)O. The van der Waals surface area contributed by atoms with Crippen LogP contribution in [0.25, 0.3) is 0 Å². The van der Waals surface area contributed by atoms with Crippen LogP contribution in [0.2, 0.25) is 18.1 Å². The normalized spacial score (nSPS) is 12.0. The summed E-state index contributed by atoms with van der Waals surface area (Å²) in [6.45, 7) is 9.11. The van der Waals surface area contributed by atoms with Gasteiger partial charge in [0.25, 0.3) is 8.32 Å². The molecule has 0 aromatic heterocycles. The van der Waals surface area contributed by atoms with Gasteiger partial charge in [-0.25, -0.2) is 9.59 Å². The van der Waals surface area contributed by atoms with Gasteiger partial charge in [-0.15, -0.1) is 0 Å². The van der Waals surface area contributed by atoms with Gasteiger partial charge in [0.2, 0.25) is 0 Å². The fourth-order valence-electron chi connectivity index (χ4n) is 5.43. The highest BCUT2D eigenvalue weighted by molar-refractivity contribution is 6.75. The van der Waals surface area contributed by atoms with E-state index >= 15 is 0 Å². The van der Waals surface area contributed by atoms with Gasteiger partial charge in [0.05, 0.1) is 0 Å². The maximum absolute atomic E-state index is 12.7. The first-order chi connectivity index (χ1) is 18.3. The smallest absolute Gasteiger partial charge is 0.328 e. The highest BCUT2D eigenvalue weighted by Crippen LogP contribution is 2.31. The number of carbonyl (C=O) groups excluding carboxylic acids is 1. The molecule has 0 aliphatic heterocycles. The summed E-state index contributed by atoms with van der Waals surface area (Å²) < 4.78 is 6.29. The van der Waals surface area contributed by atoms with Gasteiger partial charge < -0.3 is 9.53 Å². The first-order valence-corrected chi connectivity index (χ1v) is 19.0. The van der Waals surface area contributed by atoms with Gasteiger partial charge >= 0.3 is 11.9 Å². The summed E-state index contributed by atoms with van der Waals surface area (Å²) in [7, 11) is -2.26. The zero-order valence-electron chi connectivity index (χ0n) is 25.9. The molecule has 38 heavy (non-hydrogen) atoms. The fourth-order valence-corrected chi connectivity index (χ4v) is 9.66. The second kappa shape index (κ2) is 26.1. The second-order valence-electron chi connectivity index (χ2n) is 12.1. The molecule has 0 rings (SSSR count). The minimum absolute atomic E-state index is 0.433. The van der Waals surface area contributed by atoms with E-state index in [0.29, 0.717) is 0 Å². The molecule has 224 valence electrons. The van der Waals surface area contributed by atoms with E-state index in [1.165, 1.54) is 116 Å². The van der Waals surface area contributed by atoms with Crippen LogP contribution in [0.1, 0.15) is 163 Å². The number of carboxylic acid groups (broad SMARTS) is 1. The zero-order valence-corrected chi connectivity index (χ0v) is 26.9. The van der Waals surface area contributed by atoms with E-state index in [1.54, 1.807) is 0 Å². The zero-order chi connectivity index (χ0) is 28.3. The summed E-state index contributed by atoms with van der Waals surface area (Å²) in [5, 5.41) is 8.98. The Balaban J connectivity index is 4.92. The number of hydrogen-bond donors (Lipinski definition) is 1. The largest absolute Gasteiger partial charge is 0.516 e. The van der Waals surface area contributed by atoms with Crippen molar-refractivity contribution in [2.45, 2.75) is 181 Å². The number of carboxylic acids is 1. The molecule has 5 heteroatoms. The minimum atomic E-state index is -2.26. The first-order valence-electron chi connectivity index (χ1n) is 16.5. The van der Waals surface area contributed by atoms with Crippen LogP contribution in [0.15, 0.2) is 12.2 Å². The van der Waals surface area contributed by atoms with Gasteiger partial charge in [0.15, 0.2) is 0 Å². The predicted molar refractivity (Wildman–Crippen MR) is 166 cm³/mol. The maximum atomic E-state index is 12.7. The molecule has 0 atom stereocenters. The third-order valence-corrected chi connectivity index (χ3v) is 12.2. The lowest BCUT2D eigenvalue weighted by atomic mass is 10.0. The number of carbonyl (C=O) groups is 2. The Morgan fingerprint density at radius 2 is 0.974 bits per heavy atom. The number of aliphatic carboxylic acids is 1. The lowest BCUT2D eigenvalue weighted by molar-refractivity contribution is -0.133. The van der Waals surface area contributed by atoms with E-state index in [-0.39, 0.29) is 0 Å². The van der Waals surface area contributed by atoms with Gasteiger partial charge in [-0.2, -0.15) is 0 Å². The molecule has 0 unspecified atom stereocenters. The van der Waals surface area contributed by atoms with Crippen molar-refractivity contribution < 1.29 is 19.1 Å². The number of hydrogen-bond acceptors (Lipinski definition) is 3. The van der Waals surface area contributed by atoms with Crippen LogP contribution in [-0.4, -0.2) is 25.4 Å². The number of unbranched alkanes of at least 4 members (excludes halogenated alkanes) is 17. The molecule has 0 radical (unpaired) electrons. The van der Waals surface area contributed by atoms with E-state index in [1.807, 2.05) is 0 Å². The third-order valence-electron chi connectivity index (χ3n) is 7.81. The van der Waals surface area contributed by atoms with E-state index < -0.39 is 20.3 Å². The lowest BCUT2D eigenvalue weighted by Gasteiger charge is -2.31. The van der Waals surface area contributed by atoms with E-state index in [2.05, 4.69) is 27.7 Å². The Hall–Kier alpha value is -1.10. The van der Waals surface area contributed by atoms with Gasteiger partial charge in [-0.05, 0) is 24.1 Å². The van der Waals surface area contributed by atoms with E-state index in [4.69, 9.17) is 9.53 Å². The average Bonchev–Trinajstić information content (AvgIpc) is 2.88. The number of rotatable bonds is 28. The van der Waals surface area contributed by atoms with Crippen molar-refractivity contribution in [1.29, 1.82) is 0 Å². The van der Waals surface area contributed by atoms with Crippen molar-refractivity contribution in [3.05, 3.63) is 12.2 Å². The lowest BCUT2D eigenvalue weighted by Crippen LogP contribution is -2.40. The summed E-state index contributed by atoms with van der Waals surface area (Å²) >= 11 is 0. The average molecular weight is 553 g/mol. The molecule has 0 aliphatic carbocycles. The Bertz CT molecular complexity index is 572. The Kier molecular flexibility index (Phi) is 25.4. The molecule has 0 fully saturated rings. The van der Waals surface area contributed by atoms with Crippen LogP contribution < -0.4 is 0 Å². The summed E-state index contributed by atoms with van der Waals surface area (Å²) in [6, 6.07) is 3.12. The summed E-state index contributed by atoms with van der Waals surface area (Å²) in [5.41, 5.74) is 0. The predicted octanol–water partition coefficient (Wildman–Crippen LogP) is 11.0. The van der Waals surface area contributed by atoms with Crippen molar-refractivity contribution in [2.75, 3.05) is 0 Å². The van der Waals surface area contributed by atoms with Crippen molar-refractivity contribution in [2.24, 2.45) is 5.92 Å². The highest BCUT2D eigenvalue weighted by atomic mass is 28.4. The Morgan fingerprint density at radius 1 is 0.605 bits per heavy atom.